The number of fused-ring (bicyclic) bond motifs is 4. The van der Waals surface area contributed by atoms with Crippen molar-refractivity contribution in [3.8, 4) is 0 Å². The Hall–Kier alpha value is -0.240. The van der Waals surface area contributed by atoms with Gasteiger partial charge >= 0.3 is 0 Å². The minimum atomic E-state index is -0.922. The number of hydrogen-bond acceptors (Lipinski definition) is 6. The summed E-state index contributed by atoms with van der Waals surface area (Å²) in [5, 5.41) is 12.1. The molecule has 6 nitrogen and oxygen atoms in total. The summed E-state index contributed by atoms with van der Waals surface area (Å²) in [5.41, 5.74) is -0.989. The molecule has 0 amide bonds. The SMILES string of the molecule is CC1([C@@]2(O)CC[C@H]3[C@@H]4C[C@H]5O[C@]56CC5(CC[C@]6(C)[C@H]4CC[C@@]32C)OCCO5)OCCO1. The van der Waals surface area contributed by atoms with Gasteiger partial charge in [0.1, 0.15) is 11.2 Å². The predicted octanol–water partition coefficient (Wildman–Crippen LogP) is 3.40. The zero-order chi connectivity index (χ0) is 21.3. The summed E-state index contributed by atoms with van der Waals surface area (Å²) >= 11 is 0. The number of aliphatic hydroxyl groups is 1. The number of hydrogen-bond donors (Lipinski definition) is 1. The maximum Gasteiger partial charge on any atom is 0.195 e. The molecule has 4 saturated carbocycles. The Morgan fingerprint density at radius 3 is 2.13 bits per heavy atom. The molecular weight excluding hydrogens is 396 g/mol. The van der Waals surface area contributed by atoms with Crippen molar-refractivity contribution in [2.24, 2.45) is 28.6 Å². The van der Waals surface area contributed by atoms with Gasteiger partial charge in [-0.1, -0.05) is 13.8 Å². The van der Waals surface area contributed by atoms with Crippen LogP contribution in [0.1, 0.15) is 72.1 Å². The average molecular weight is 435 g/mol. The lowest BCUT2D eigenvalue weighted by Gasteiger charge is -2.61. The van der Waals surface area contributed by atoms with Crippen LogP contribution in [-0.4, -0.2) is 60.4 Å². The van der Waals surface area contributed by atoms with Crippen LogP contribution in [0.25, 0.3) is 0 Å². The van der Waals surface area contributed by atoms with E-state index in [1.807, 2.05) is 6.92 Å². The molecule has 31 heavy (non-hydrogen) atoms. The van der Waals surface area contributed by atoms with Crippen molar-refractivity contribution in [3.63, 3.8) is 0 Å². The first kappa shape index (κ1) is 20.2. The highest BCUT2D eigenvalue weighted by atomic mass is 16.8. The molecule has 0 bridgehead atoms. The van der Waals surface area contributed by atoms with Gasteiger partial charge in [0, 0.05) is 23.7 Å². The van der Waals surface area contributed by atoms with Gasteiger partial charge in [-0.15, -0.1) is 0 Å². The summed E-state index contributed by atoms with van der Waals surface area (Å²) in [4.78, 5) is 0. The maximum atomic E-state index is 12.1. The van der Waals surface area contributed by atoms with Crippen LogP contribution >= 0.6 is 0 Å². The molecule has 4 aliphatic carbocycles. The van der Waals surface area contributed by atoms with Gasteiger partial charge < -0.3 is 28.8 Å². The first-order valence-corrected chi connectivity index (χ1v) is 12.7. The van der Waals surface area contributed by atoms with E-state index >= 15 is 0 Å². The molecule has 174 valence electrons. The van der Waals surface area contributed by atoms with Gasteiger partial charge in [-0.3, -0.25) is 0 Å². The molecule has 3 saturated heterocycles. The zero-order valence-corrected chi connectivity index (χ0v) is 19.3. The normalized spacial score (nSPS) is 58.5. The lowest BCUT2D eigenvalue weighted by molar-refractivity contribution is -0.301. The van der Waals surface area contributed by atoms with Gasteiger partial charge in [0.25, 0.3) is 0 Å². The second-order valence-electron chi connectivity index (χ2n) is 12.3. The Labute approximate surface area is 185 Å². The van der Waals surface area contributed by atoms with Crippen molar-refractivity contribution in [2.75, 3.05) is 26.4 Å². The second-order valence-corrected chi connectivity index (χ2v) is 12.3. The Morgan fingerprint density at radius 2 is 1.39 bits per heavy atom. The fourth-order valence-electron chi connectivity index (χ4n) is 9.88. The van der Waals surface area contributed by atoms with Crippen LogP contribution in [0.2, 0.25) is 0 Å². The molecule has 0 aromatic heterocycles. The van der Waals surface area contributed by atoms with Crippen molar-refractivity contribution in [1.82, 2.24) is 0 Å². The summed E-state index contributed by atoms with van der Waals surface area (Å²) in [6.45, 7) is 9.38. The third-order valence-electron chi connectivity index (χ3n) is 11.6. The molecule has 0 radical (unpaired) electrons. The topological polar surface area (TPSA) is 69.7 Å². The van der Waals surface area contributed by atoms with E-state index in [-0.39, 0.29) is 16.4 Å². The van der Waals surface area contributed by atoms with Gasteiger partial charge in [0.2, 0.25) is 0 Å². The predicted molar refractivity (Wildman–Crippen MR) is 111 cm³/mol. The van der Waals surface area contributed by atoms with E-state index in [0.29, 0.717) is 50.3 Å². The number of epoxide rings is 1. The molecule has 3 aliphatic heterocycles. The van der Waals surface area contributed by atoms with Gasteiger partial charge in [0.05, 0.1) is 32.5 Å². The standard InChI is InChI=1S/C25H38O6/c1-20-8-9-23(29-12-13-30-23)15-24(20)19(31-24)14-16-17(20)4-6-21(2)18(16)5-7-25(21,26)22(3)27-10-11-28-22/h16-19,26H,4-15H2,1-3H3/t16-,17+,18+,19-,20-,21+,24-,25-/m1/s1. The molecule has 7 fully saturated rings. The molecule has 0 unspecified atom stereocenters. The van der Waals surface area contributed by atoms with E-state index < -0.39 is 17.2 Å². The summed E-state index contributed by atoms with van der Waals surface area (Å²) < 4.78 is 31.0. The molecule has 1 N–H and O–H groups in total. The van der Waals surface area contributed by atoms with Crippen LogP contribution in [-0.2, 0) is 23.7 Å². The molecule has 8 atom stereocenters. The van der Waals surface area contributed by atoms with Gasteiger partial charge in [-0.25, -0.2) is 0 Å². The second kappa shape index (κ2) is 5.87. The van der Waals surface area contributed by atoms with Crippen LogP contribution in [0.3, 0.4) is 0 Å². The van der Waals surface area contributed by atoms with E-state index in [0.717, 1.165) is 51.4 Å². The van der Waals surface area contributed by atoms with Crippen molar-refractivity contribution >= 4 is 0 Å². The molecule has 7 aliphatic rings. The highest BCUT2D eigenvalue weighted by molar-refractivity contribution is 5.27. The average Bonchev–Trinajstić information content (AvgIpc) is 3.07. The number of rotatable bonds is 1. The van der Waals surface area contributed by atoms with Crippen LogP contribution in [0, 0.1) is 28.6 Å². The van der Waals surface area contributed by atoms with Gasteiger partial charge in [-0.05, 0) is 63.2 Å². The minimum absolute atomic E-state index is 0.0664. The van der Waals surface area contributed by atoms with Gasteiger partial charge in [0.15, 0.2) is 11.6 Å². The Morgan fingerprint density at radius 1 is 0.742 bits per heavy atom. The van der Waals surface area contributed by atoms with Crippen molar-refractivity contribution in [1.29, 1.82) is 0 Å². The van der Waals surface area contributed by atoms with E-state index in [4.69, 9.17) is 23.7 Å². The van der Waals surface area contributed by atoms with E-state index in [1.54, 1.807) is 0 Å². The summed E-state index contributed by atoms with van der Waals surface area (Å²) in [6.07, 6.45) is 8.44. The molecule has 3 heterocycles. The fourth-order valence-corrected chi connectivity index (χ4v) is 9.88. The van der Waals surface area contributed by atoms with Crippen LogP contribution in [0.5, 0.6) is 0 Å². The molecule has 7 rings (SSSR count). The zero-order valence-electron chi connectivity index (χ0n) is 19.3. The maximum absolute atomic E-state index is 12.1. The van der Waals surface area contributed by atoms with E-state index in [9.17, 15) is 5.11 Å². The minimum Gasteiger partial charge on any atom is -0.384 e. The van der Waals surface area contributed by atoms with Crippen LogP contribution < -0.4 is 0 Å². The van der Waals surface area contributed by atoms with Crippen molar-refractivity contribution in [3.05, 3.63) is 0 Å². The highest BCUT2D eigenvalue weighted by Crippen LogP contribution is 2.76. The molecule has 0 aromatic carbocycles. The van der Waals surface area contributed by atoms with Crippen LogP contribution in [0.15, 0.2) is 0 Å². The third kappa shape index (κ3) is 2.17. The first-order chi connectivity index (χ1) is 14.7. The molecule has 6 heteroatoms. The van der Waals surface area contributed by atoms with E-state index in [2.05, 4.69) is 13.8 Å². The lowest BCUT2D eigenvalue weighted by atomic mass is 9.43. The Bertz CT molecular complexity index is 789. The Balaban J connectivity index is 1.21. The third-order valence-corrected chi connectivity index (χ3v) is 11.6. The molecule has 0 aromatic rings. The van der Waals surface area contributed by atoms with E-state index in [1.165, 1.54) is 0 Å². The number of ether oxygens (including phenoxy) is 5. The summed E-state index contributed by atoms with van der Waals surface area (Å²) in [5.74, 6) is 0.459. The summed E-state index contributed by atoms with van der Waals surface area (Å²) in [6, 6.07) is 0. The van der Waals surface area contributed by atoms with Crippen molar-refractivity contribution in [2.45, 2.75) is 101 Å². The highest BCUT2D eigenvalue weighted by Gasteiger charge is 2.80. The van der Waals surface area contributed by atoms with Crippen LogP contribution in [0.4, 0.5) is 0 Å². The smallest absolute Gasteiger partial charge is 0.195 e. The summed E-state index contributed by atoms with van der Waals surface area (Å²) in [7, 11) is 0. The monoisotopic (exact) mass is 434 g/mol. The Kier molecular flexibility index (Phi) is 3.82. The quantitative estimate of drug-likeness (QED) is 0.638. The lowest BCUT2D eigenvalue weighted by Crippen LogP contribution is -2.65. The largest absolute Gasteiger partial charge is 0.384 e. The van der Waals surface area contributed by atoms with Crippen molar-refractivity contribution < 1.29 is 28.8 Å². The van der Waals surface area contributed by atoms with Gasteiger partial charge in [-0.2, -0.15) is 0 Å². The molecular formula is C25H38O6. The fraction of sp³-hybridized carbons (Fsp3) is 1.00. The first-order valence-electron chi connectivity index (χ1n) is 12.7. The molecule has 2 spiro atoms.